The van der Waals surface area contributed by atoms with Crippen LogP contribution in [-0.2, 0) is 0 Å². The maximum absolute atomic E-state index is 8.92. The van der Waals surface area contributed by atoms with Crippen LogP contribution in [0.15, 0.2) is 0 Å². The summed E-state index contributed by atoms with van der Waals surface area (Å²) in [6, 6.07) is 2.39. The third-order valence-corrected chi connectivity index (χ3v) is 2.98. The highest BCUT2D eigenvalue weighted by atomic mass is 14.4. The lowest BCUT2D eigenvalue weighted by Gasteiger charge is -2.29. The van der Waals surface area contributed by atoms with Crippen molar-refractivity contribution >= 4 is 0 Å². The van der Waals surface area contributed by atoms with Crippen molar-refractivity contribution in [3.05, 3.63) is 0 Å². The van der Waals surface area contributed by atoms with Crippen molar-refractivity contribution in [2.75, 3.05) is 0 Å². The Balaban J connectivity index is 2.56. The molecule has 0 aliphatic heterocycles. The lowest BCUT2D eigenvalue weighted by Crippen LogP contribution is -2.21. The first-order valence-electron chi connectivity index (χ1n) is 4.89. The van der Waals surface area contributed by atoms with E-state index in [0.29, 0.717) is 5.41 Å². The van der Waals surface area contributed by atoms with Crippen LogP contribution in [0.2, 0.25) is 0 Å². The topological polar surface area (TPSA) is 23.8 Å². The summed E-state index contributed by atoms with van der Waals surface area (Å²) in [7, 11) is 0. The van der Waals surface area contributed by atoms with Crippen molar-refractivity contribution in [1.29, 1.82) is 5.26 Å². The Kier molecular flexibility index (Phi) is 2.46. The molecule has 0 amide bonds. The first-order valence-corrected chi connectivity index (χ1v) is 4.89. The number of rotatable bonds is 2. The van der Waals surface area contributed by atoms with E-state index >= 15 is 0 Å². The van der Waals surface area contributed by atoms with Crippen LogP contribution in [0.1, 0.15) is 52.9 Å². The van der Waals surface area contributed by atoms with Crippen molar-refractivity contribution in [2.24, 2.45) is 10.8 Å². The minimum atomic E-state index is -0.126. The summed E-state index contributed by atoms with van der Waals surface area (Å²) >= 11 is 0. The third kappa shape index (κ3) is 2.24. The number of hydrogen-bond acceptors (Lipinski definition) is 1. The molecule has 12 heavy (non-hydrogen) atoms. The van der Waals surface area contributed by atoms with E-state index < -0.39 is 0 Å². The molecule has 0 aromatic rings. The van der Waals surface area contributed by atoms with Gasteiger partial charge >= 0.3 is 0 Å². The summed E-state index contributed by atoms with van der Waals surface area (Å²) in [5.41, 5.74) is 0.332. The van der Waals surface area contributed by atoms with E-state index in [1.54, 1.807) is 0 Å². The van der Waals surface area contributed by atoms with Gasteiger partial charge < -0.3 is 0 Å². The van der Waals surface area contributed by atoms with Crippen molar-refractivity contribution in [2.45, 2.75) is 52.9 Å². The molecule has 1 heteroatoms. The molecule has 0 bridgehead atoms. The molecular weight excluding hydrogens is 146 g/mol. The van der Waals surface area contributed by atoms with Crippen LogP contribution in [0.3, 0.4) is 0 Å². The van der Waals surface area contributed by atoms with Crippen LogP contribution in [-0.4, -0.2) is 0 Å². The molecule has 68 valence electrons. The fourth-order valence-corrected chi connectivity index (χ4v) is 2.51. The van der Waals surface area contributed by atoms with Crippen LogP contribution in [0, 0.1) is 22.2 Å². The Labute approximate surface area is 75.8 Å². The van der Waals surface area contributed by atoms with Gasteiger partial charge in [0.1, 0.15) is 0 Å². The molecule has 1 saturated carbocycles. The minimum Gasteiger partial charge on any atom is -0.198 e. The van der Waals surface area contributed by atoms with Gasteiger partial charge in [0.25, 0.3) is 0 Å². The van der Waals surface area contributed by atoms with Gasteiger partial charge in [0.15, 0.2) is 0 Å². The van der Waals surface area contributed by atoms with Crippen molar-refractivity contribution in [1.82, 2.24) is 0 Å². The van der Waals surface area contributed by atoms with E-state index in [4.69, 9.17) is 5.26 Å². The van der Waals surface area contributed by atoms with Gasteiger partial charge in [-0.05, 0) is 38.5 Å². The molecule has 0 radical (unpaired) electrons. The van der Waals surface area contributed by atoms with Crippen molar-refractivity contribution in [3.8, 4) is 6.07 Å². The van der Waals surface area contributed by atoms with E-state index in [1.807, 2.05) is 0 Å². The van der Waals surface area contributed by atoms with Crippen LogP contribution in [0.25, 0.3) is 0 Å². The molecule has 0 heterocycles. The Morgan fingerprint density at radius 3 is 2.25 bits per heavy atom. The van der Waals surface area contributed by atoms with Gasteiger partial charge in [0, 0.05) is 0 Å². The molecule has 1 fully saturated rings. The minimum absolute atomic E-state index is 0.126. The Morgan fingerprint density at radius 2 is 1.83 bits per heavy atom. The molecule has 1 aliphatic rings. The maximum atomic E-state index is 8.92. The van der Waals surface area contributed by atoms with Gasteiger partial charge in [0.2, 0.25) is 0 Å². The van der Waals surface area contributed by atoms with E-state index in [1.165, 1.54) is 25.7 Å². The average Bonchev–Trinajstić information content (AvgIpc) is 2.35. The Morgan fingerprint density at radius 1 is 1.33 bits per heavy atom. The zero-order valence-corrected chi connectivity index (χ0v) is 8.48. The molecule has 1 aliphatic carbocycles. The summed E-state index contributed by atoms with van der Waals surface area (Å²) < 4.78 is 0. The highest BCUT2D eigenvalue weighted by molar-refractivity contribution is 4.97. The lowest BCUT2D eigenvalue weighted by molar-refractivity contribution is 0.225. The predicted octanol–water partition coefficient (Wildman–Crippen LogP) is 3.51. The second-order valence-electron chi connectivity index (χ2n) is 5.19. The molecule has 0 aromatic carbocycles. The standard InChI is InChI=1S/C11H19N/c1-10(2,9-12)8-11(3)6-4-5-7-11/h4-8H2,1-3H3. The fraction of sp³-hybridized carbons (Fsp3) is 0.909. The van der Waals surface area contributed by atoms with E-state index in [2.05, 4.69) is 26.8 Å². The van der Waals surface area contributed by atoms with Crippen molar-refractivity contribution < 1.29 is 0 Å². The van der Waals surface area contributed by atoms with Gasteiger partial charge in [-0.25, -0.2) is 0 Å². The second kappa shape index (κ2) is 3.09. The zero-order chi connectivity index (χ0) is 9.24. The highest BCUT2D eigenvalue weighted by Gasteiger charge is 2.34. The molecule has 0 atom stereocenters. The van der Waals surface area contributed by atoms with Gasteiger partial charge in [0.05, 0.1) is 11.5 Å². The quantitative estimate of drug-likeness (QED) is 0.614. The Hall–Kier alpha value is -0.510. The van der Waals surface area contributed by atoms with Crippen LogP contribution in [0.4, 0.5) is 0 Å². The molecule has 0 aromatic heterocycles. The number of nitrogens with zero attached hydrogens (tertiary/aromatic N) is 1. The first kappa shape index (κ1) is 9.58. The normalized spacial score (nSPS) is 22.2. The van der Waals surface area contributed by atoms with E-state index in [0.717, 1.165) is 6.42 Å². The van der Waals surface area contributed by atoms with Gasteiger partial charge in [-0.15, -0.1) is 0 Å². The highest BCUT2D eigenvalue weighted by Crippen LogP contribution is 2.45. The third-order valence-electron chi connectivity index (χ3n) is 2.98. The summed E-state index contributed by atoms with van der Waals surface area (Å²) in [4.78, 5) is 0. The SMILES string of the molecule is CC(C)(C#N)CC1(C)CCCC1. The average molecular weight is 165 g/mol. The fourth-order valence-electron chi connectivity index (χ4n) is 2.51. The Bertz CT molecular complexity index is 192. The van der Waals surface area contributed by atoms with Crippen LogP contribution >= 0.6 is 0 Å². The molecule has 0 N–H and O–H groups in total. The molecule has 0 unspecified atom stereocenters. The van der Waals surface area contributed by atoms with E-state index in [-0.39, 0.29) is 5.41 Å². The summed E-state index contributed by atoms with van der Waals surface area (Å²) in [5, 5.41) is 8.92. The maximum Gasteiger partial charge on any atom is 0.0684 e. The van der Waals surface area contributed by atoms with Crippen LogP contribution < -0.4 is 0 Å². The monoisotopic (exact) mass is 165 g/mol. The number of nitriles is 1. The van der Waals surface area contributed by atoms with Gasteiger partial charge in [-0.1, -0.05) is 19.8 Å². The second-order valence-corrected chi connectivity index (χ2v) is 5.19. The van der Waals surface area contributed by atoms with Gasteiger partial charge in [-0.3, -0.25) is 0 Å². The molecular formula is C11H19N. The van der Waals surface area contributed by atoms with Crippen LogP contribution in [0.5, 0.6) is 0 Å². The molecule has 0 spiro atoms. The lowest BCUT2D eigenvalue weighted by atomic mass is 9.74. The molecule has 1 rings (SSSR count). The van der Waals surface area contributed by atoms with E-state index in [9.17, 15) is 0 Å². The molecule has 1 nitrogen and oxygen atoms in total. The first-order chi connectivity index (χ1) is 5.47. The predicted molar refractivity (Wildman–Crippen MR) is 50.6 cm³/mol. The van der Waals surface area contributed by atoms with Crippen molar-refractivity contribution in [3.63, 3.8) is 0 Å². The van der Waals surface area contributed by atoms with Gasteiger partial charge in [-0.2, -0.15) is 5.26 Å². The largest absolute Gasteiger partial charge is 0.198 e. The zero-order valence-electron chi connectivity index (χ0n) is 8.48. The summed E-state index contributed by atoms with van der Waals surface area (Å²) in [5.74, 6) is 0. The molecule has 0 saturated heterocycles. The summed E-state index contributed by atoms with van der Waals surface area (Å²) in [6.45, 7) is 6.44. The smallest absolute Gasteiger partial charge is 0.0684 e. The number of hydrogen-bond donors (Lipinski definition) is 0. The summed E-state index contributed by atoms with van der Waals surface area (Å²) in [6.07, 6.45) is 6.42.